The van der Waals surface area contributed by atoms with Crippen LogP contribution in [0, 0.1) is 24.4 Å². The summed E-state index contributed by atoms with van der Waals surface area (Å²) >= 11 is 1.05. The van der Waals surface area contributed by atoms with Gasteiger partial charge in [-0.1, -0.05) is 6.07 Å². The Hall–Kier alpha value is -3.27. The van der Waals surface area contributed by atoms with Gasteiger partial charge < -0.3 is 10.1 Å². The van der Waals surface area contributed by atoms with Gasteiger partial charge in [0.2, 0.25) is 0 Å². The normalized spacial score (nSPS) is 10.6. The number of aryl methyl sites for hydroxylation is 1. The van der Waals surface area contributed by atoms with E-state index in [0.717, 1.165) is 17.4 Å². The first kappa shape index (κ1) is 19.5. The van der Waals surface area contributed by atoms with Crippen molar-refractivity contribution in [1.82, 2.24) is 9.97 Å². The Labute approximate surface area is 161 Å². The quantitative estimate of drug-likeness (QED) is 0.515. The van der Waals surface area contributed by atoms with E-state index in [0.29, 0.717) is 22.5 Å². The van der Waals surface area contributed by atoms with Crippen molar-refractivity contribution in [3.05, 3.63) is 64.6 Å². The molecule has 0 spiro atoms. The molecular weight excluding hydrogens is 395 g/mol. The molecule has 1 N–H and O–H groups in total. The Morgan fingerprint density at radius 1 is 1.14 bits per heavy atom. The predicted molar refractivity (Wildman–Crippen MR) is 95.3 cm³/mol. The average molecular weight is 407 g/mol. The van der Waals surface area contributed by atoms with E-state index in [1.165, 1.54) is 0 Å². The Balaban J connectivity index is 1.64. The van der Waals surface area contributed by atoms with Crippen LogP contribution in [0.3, 0.4) is 0 Å². The molecular formula is C18H12F3N3O3S. The van der Waals surface area contributed by atoms with Gasteiger partial charge in [-0.15, -0.1) is 11.3 Å². The Morgan fingerprint density at radius 3 is 2.64 bits per heavy atom. The zero-order valence-corrected chi connectivity index (χ0v) is 15.1. The molecule has 0 saturated carbocycles. The highest BCUT2D eigenvalue weighted by molar-refractivity contribution is 7.17. The fourth-order valence-electron chi connectivity index (χ4n) is 2.19. The van der Waals surface area contributed by atoms with E-state index in [1.54, 1.807) is 31.3 Å². The van der Waals surface area contributed by atoms with Gasteiger partial charge in [-0.2, -0.15) is 0 Å². The summed E-state index contributed by atoms with van der Waals surface area (Å²) in [6.07, 6.45) is 1.59. The van der Waals surface area contributed by atoms with Gasteiger partial charge in [0, 0.05) is 6.20 Å². The van der Waals surface area contributed by atoms with Gasteiger partial charge in [0.15, 0.2) is 24.1 Å². The summed E-state index contributed by atoms with van der Waals surface area (Å²) in [6, 6.07) is 6.78. The molecule has 0 radical (unpaired) electrons. The van der Waals surface area contributed by atoms with Gasteiger partial charge in [0.05, 0.1) is 17.1 Å². The van der Waals surface area contributed by atoms with Gasteiger partial charge in [0.25, 0.3) is 5.91 Å². The fraction of sp³-hybridized carbons (Fsp3) is 0.111. The molecule has 2 heterocycles. The van der Waals surface area contributed by atoms with E-state index in [4.69, 9.17) is 4.74 Å². The van der Waals surface area contributed by atoms with E-state index in [1.807, 2.05) is 5.32 Å². The summed E-state index contributed by atoms with van der Waals surface area (Å²) in [5, 5.41) is 2.52. The van der Waals surface area contributed by atoms with Crippen LogP contribution in [0.4, 0.5) is 18.9 Å². The van der Waals surface area contributed by atoms with Crippen LogP contribution in [-0.4, -0.2) is 28.5 Å². The maximum absolute atomic E-state index is 13.6. The summed E-state index contributed by atoms with van der Waals surface area (Å²) in [7, 11) is 0. The Bertz CT molecular complexity index is 1040. The van der Waals surface area contributed by atoms with Crippen molar-refractivity contribution in [2.24, 2.45) is 0 Å². The van der Waals surface area contributed by atoms with Crippen molar-refractivity contribution in [1.29, 1.82) is 0 Å². The fourth-order valence-corrected chi connectivity index (χ4v) is 3.13. The number of hydrogen-bond acceptors (Lipinski definition) is 6. The van der Waals surface area contributed by atoms with Gasteiger partial charge >= 0.3 is 5.97 Å². The second kappa shape index (κ2) is 8.17. The first-order valence-electron chi connectivity index (χ1n) is 7.86. The van der Waals surface area contributed by atoms with Crippen LogP contribution < -0.4 is 5.32 Å². The lowest BCUT2D eigenvalue weighted by Gasteiger charge is -2.07. The number of esters is 1. The number of pyridine rings is 1. The van der Waals surface area contributed by atoms with Crippen molar-refractivity contribution >= 4 is 28.9 Å². The molecule has 0 aliphatic heterocycles. The highest BCUT2D eigenvalue weighted by atomic mass is 32.1. The van der Waals surface area contributed by atoms with Crippen LogP contribution >= 0.6 is 11.3 Å². The lowest BCUT2D eigenvalue weighted by molar-refractivity contribution is -0.119. The number of carbonyl (C=O) groups is 2. The first-order chi connectivity index (χ1) is 13.4. The minimum Gasteiger partial charge on any atom is -0.451 e. The van der Waals surface area contributed by atoms with E-state index in [9.17, 15) is 22.8 Å². The largest absolute Gasteiger partial charge is 0.451 e. The molecule has 0 bridgehead atoms. The number of hydrogen-bond donors (Lipinski definition) is 1. The molecule has 6 nitrogen and oxygen atoms in total. The number of benzene rings is 1. The third-order valence-corrected chi connectivity index (χ3v) is 4.67. The summed E-state index contributed by atoms with van der Waals surface area (Å²) in [5.41, 5.74) is 0.426. The van der Waals surface area contributed by atoms with Crippen molar-refractivity contribution in [2.75, 3.05) is 11.9 Å². The summed E-state index contributed by atoms with van der Waals surface area (Å²) in [6.45, 7) is 0.865. The van der Waals surface area contributed by atoms with Crippen molar-refractivity contribution in [2.45, 2.75) is 6.92 Å². The zero-order valence-electron chi connectivity index (χ0n) is 14.3. The number of aromatic nitrogens is 2. The summed E-state index contributed by atoms with van der Waals surface area (Å²) in [5.74, 6) is -6.34. The van der Waals surface area contributed by atoms with E-state index in [-0.39, 0.29) is 4.88 Å². The minimum absolute atomic E-state index is 0.187. The van der Waals surface area contributed by atoms with Crippen LogP contribution in [0.15, 0.2) is 36.5 Å². The van der Waals surface area contributed by atoms with Crippen LogP contribution in [0.2, 0.25) is 0 Å². The standard InChI is InChI=1S/C18H12F3N3O3S/c1-9-16(28-17(23-9)12-4-2-3-7-22-12)18(26)27-8-13(25)24-11-6-5-10(19)14(20)15(11)21/h2-7H,8H2,1H3,(H,24,25). The Kier molecular flexibility index (Phi) is 5.69. The van der Waals surface area contributed by atoms with Crippen molar-refractivity contribution < 1.29 is 27.5 Å². The minimum atomic E-state index is -1.71. The molecule has 1 amide bonds. The molecule has 144 valence electrons. The third kappa shape index (κ3) is 4.17. The smallest absolute Gasteiger partial charge is 0.350 e. The first-order valence-corrected chi connectivity index (χ1v) is 8.67. The molecule has 0 aliphatic carbocycles. The molecule has 3 rings (SSSR count). The molecule has 3 aromatic rings. The number of amides is 1. The van der Waals surface area contributed by atoms with Gasteiger partial charge in [-0.25, -0.2) is 22.9 Å². The third-order valence-electron chi connectivity index (χ3n) is 3.51. The van der Waals surface area contributed by atoms with Gasteiger partial charge in [-0.05, 0) is 31.2 Å². The van der Waals surface area contributed by atoms with E-state index >= 15 is 0 Å². The SMILES string of the molecule is Cc1nc(-c2ccccn2)sc1C(=O)OCC(=O)Nc1ccc(F)c(F)c1F. The Morgan fingerprint density at radius 2 is 1.93 bits per heavy atom. The molecule has 0 unspecified atom stereocenters. The highest BCUT2D eigenvalue weighted by Gasteiger charge is 2.20. The molecule has 0 saturated heterocycles. The summed E-state index contributed by atoms with van der Waals surface area (Å²) in [4.78, 5) is 32.6. The number of anilines is 1. The lowest BCUT2D eigenvalue weighted by atomic mass is 10.3. The maximum Gasteiger partial charge on any atom is 0.350 e. The van der Waals surface area contributed by atoms with Crippen LogP contribution in [0.5, 0.6) is 0 Å². The number of thiazole rings is 1. The number of rotatable bonds is 5. The highest BCUT2D eigenvalue weighted by Crippen LogP contribution is 2.27. The van der Waals surface area contributed by atoms with Gasteiger partial charge in [-0.3, -0.25) is 9.78 Å². The monoisotopic (exact) mass is 407 g/mol. The molecule has 28 heavy (non-hydrogen) atoms. The molecule has 10 heteroatoms. The number of ether oxygens (including phenoxy) is 1. The number of halogens is 3. The second-order valence-corrected chi connectivity index (χ2v) is 6.49. The van der Waals surface area contributed by atoms with E-state index in [2.05, 4.69) is 9.97 Å². The molecule has 0 atom stereocenters. The number of nitrogens with one attached hydrogen (secondary N) is 1. The lowest BCUT2D eigenvalue weighted by Crippen LogP contribution is -2.21. The van der Waals surface area contributed by atoms with Crippen molar-refractivity contribution in [3.63, 3.8) is 0 Å². The second-order valence-electron chi connectivity index (χ2n) is 5.50. The zero-order chi connectivity index (χ0) is 20.3. The number of carbonyl (C=O) groups excluding carboxylic acids is 2. The van der Waals surface area contributed by atoms with Crippen LogP contribution in [-0.2, 0) is 9.53 Å². The molecule has 1 aromatic carbocycles. The van der Waals surface area contributed by atoms with E-state index < -0.39 is 41.6 Å². The topological polar surface area (TPSA) is 81.2 Å². The molecule has 2 aromatic heterocycles. The molecule has 0 aliphatic rings. The van der Waals surface area contributed by atoms with Crippen LogP contribution in [0.25, 0.3) is 10.7 Å². The maximum atomic E-state index is 13.6. The average Bonchev–Trinajstić information content (AvgIpc) is 3.09. The van der Waals surface area contributed by atoms with Gasteiger partial charge in [0.1, 0.15) is 9.88 Å². The molecule has 0 fully saturated rings. The summed E-state index contributed by atoms with van der Waals surface area (Å²) < 4.78 is 44.5. The number of nitrogens with zero attached hydrogens (tertiary/aromatic N) is 2. The van der Waals surface area contributed by atoms with Crippen LogP contribution in [0.1, 0.15) is 15.4 Å². The van der Waals surface area contributed by atoms with Crippen molar-refractivity contribution in [3.8, 4) is 10.7 Å². The predicted octanol–water partition coefficient (Wildman–Crippen LogP) is 3.73.